The van der Waals surface area contributed by atoms with Gasteiger partial charge in [-0.15, -0.1) is 0 Å². The van der Waals surface area contributed by atoms with Gasteiger partial charge < -0.3 is 15.6 Å². The van der Waals surface area contributed by atoms with Crippen LogP contribution in [0.1, 0.15) is 19.2 Å². The van der Waals surface area contributed by atoms with Crippen LogP contribution in [-0.2, 0) is 18.3 Å². The van der Waals surface area contributed by atoms with Crippen molar-refractivity contribution in [3.05, 3.63) is 18.2 Å². The average Bonchev–Trinajstić information content (AvgIpc) is 2.64. The van der Waals surface area contributed by atoms with Crippen LogP contribution in [0.5, 0.6) is 0 Å². The van der Waals surface area contributed by atoms with Crippen LogP contribution < -0.4 is 11.1 Å². The summed E-state index contributed by atoms with van der Waals surface area (Å²) in [6.07, 6.45) is 4.91. The highest BCUT2D eigenvalue weighted by atomic mass is 16.1. The molecule has 0 saturated heterocycles. The monoisotopic (exact) mass is 224 g/mol. The van der Waals surface area contributed by atoms with E-state index in [0.29, 0.717) is 19.5 Å². The Balaban J connectivity index is 2.21. The number of rotatable bonds is 6. The molecule has 1 heterocycles. The Morgan fingerprint density at radius 3 is 3.00 bits per heavy atom. The topological polar surface area (TPSA) is 72.9 Å². The fraction of sp³-hybridized carbons (Fsp3) is 0.636. The lowest BCUT2D eigenvalue weighted by molar-refractivity contribution is -0.121. The molecule has 16 heavy (non-hydrogen) atoms. The second-order valence-electron chi connectivity index (χ2n) is 4.10. The molecule has 1 amide bonds. The molecule has 5 nitrogen and oxygen atoms in total. The third-order valence-electron chi connectivity index (χ3n) is 2.53. The van der Waals surface area contributed by atoms with E-state index in [9.17, 15) is 4.79 Å². The molecule has 1 unspecified atom stereocenters. The quantitative estimate of drug-likeness (QED) is 0.718. The number of carbonyl (C=O) groups is 1. The fourth-order valence-electron chi connectivity index (χ4n) is 1.42. The van der Waals surface area contributed by atoms with Crippen LogP contribution in [0.2, 0.25) is 0 Å². The van der Waals surface area contributed by atoms with Crippen molar-refractivity contribution in [3.8, 4) is 0 Å². The van der Waals surface area contributed by atoms with E-state index in [1.165, 1.54) is 0 Å². The number of imidazole rings is 1. The highest BCUT2D eigenvalue weighted by molar-refractivity contribution is 5.76. The van der Waals surface area contributed by atoms with Crippen molar-refractivity contribution < 1.29 is 4.79 Å². The highest BCUT2D eigenvalue weighted by Gasteiger charge is 2.07. The normalized spacial score (nSPS) is 12.4. The van der Waals surface area contributed by atoms with E-state index in [1.54, 1.807) is 6.20 Å². The number of aromatic nitrogens is 2. The molecule has 0 bridgehead atoms. The first-order valence-electron chi connectivity index (χ1n) is 5.56. The molecule has 1 rings (SSSR count). The van der Waals surface area contributed by atoms with E-state index >= 15 is 0 Å². The zero-order chi connectivity index (χ0) is 12.0. The van der Waals surface area contributed by atoms with Crippen LogP contribution in [0.4, 0.5) is 0 Å². The Morgan fingerprint density at radius 1 is 1.69 bits per heavy atom. The molecule has 0 aliphatic heterocycles. The summed E-state index contributed by atoms with van der Waals surface area (Å²) in [4.78, 5) is 15.6. The first-order chi connectivity index (χ1) is 7.63. The number of nitrogens with two attached hydrogens (primary N) is 1. The number of amides is 1. The van der Waals surface area contributed by atoms with Crippen LogP contribution >= 0.6 is 0 Å². The summed E-state index contributed by atoms with van der Waals surface area (Å²) < 4.78 is 1.95. The predicted molar refractivity (Wildman–Crippen MR) is 62.8 cm³/mol. The van der Waals surface area contributed by atoms with Gasteiger partial charge >= 0.3 is 0 Å². The van der Waals surface area contributed by atoms with E-state index in [4.69, 9.17) is 5.73 Å². The minimum Gasteiger partial charge on any atom is -0.356 e. The molecule has 90 valence electrons. The summed E-state index contributed by atoms with van der Waals surface area (Å²) >= 11 is 0. The minimum absolute atomic E-state index is 0.0622. The smallest absolute Gasteiger partial charge is 0.220 e. The average molecular weight is 224 g/mol. The molecule has 1 aromatic rings. The van der Waals surface area contributed by atoms with Gasteiger partial charge in [-0.1, -0.05) is 6.92 Å². The molecule has 3 N–H and O–H groups in total. The first kappa shape index (κ1) is 12.7. The molecule has 5 heteroatoms. The van der Waals surface area contributed by atoms with Crippen LogP contribution in [0.25, 0.3) is 0 Å². The van der Waals surface area contributed by atoms with Crippen LogP contribution in [0.3, 0.4) is 0 Å². The largest absolute Gasteiger partial charge is 0.356 e. The zero-order valence-electron chi connectivity index (χ0n) is 9.94. The third kappa shape index (κ3) is 4.02. The first-order valence-corrected chi connectivity index (χ1v) is 5.56. The van der Waals surface area contributed by atoms with Gasteiger partial charge in [-0.05, 0) is 12.5 Å². The van der Waals surface area contributed by atoms with Crippen molar-refractivity contribution in [1.82, 2.24) is 14.9 Å². The Kier molecular flexibility index (Phi) is 4.98. The summed E-state index contributed by atoms with van der Waals surface area (Å²) in [6, 6.07) is 0. The van der Waals surface area contributed by atoms with Crippen molar-refractivity contribution in [2.45, 2.75) is 19.8 Å². The fourth-order valence-corrected chi connectivity index (χ4v) is 1.42. The van der Waals surface area contributed by atoms with Crippen molar-refractivity contribution >= 4 is 5.91 Å². The summed E-state index contributed by atoms with van der Waals surface area (Å²) in [7, 11) is 1.95. The molecular weight excluding hydrogens is 204 g/mol. The van der Waals surface area contributed by atoms with Gasteiger partial charge in [0.25, 0.3) is 0 Å². The lowest BCUT2D eigenvalue weighted by Crippen LogP contribution is -2.29. The van der Waals surface area contributed by atoms with Crippen molar-refractivity contribution in [2.24, 2.45) is 18.7 Å². The van der Waals surface area contributed by atoms with E-state index < -0.39 is 0 Å². The zero-order valence-corrected chi connectivity index (χ0v) is 9.94. The van der Waals surface area contributed by atoms with Gasteiger partial charge in [0, 0.05) is 38.8 Å². The third-order valence-corrected chi connectivity index (χ3v) is 2.53. The standard InChI is InChI=1S/C11H20N4O/c1-9(8-12)7-11(16)14-4-3-10-13-5-6-15(10)2/h5-6,9H,3-4,7-8,12H2,1-2H3,(H,14,16). The molecule has 0 saturated carbocycles. The molecule has 0 spiro atoms. The van der Waals surface area contributed by atoms with Gasteiger partial charge in [-0.3, -0.25) is 4.79 Å². The van der Waals surface area contributed by atoms with Gasteiger partial charge in [-0.25, -0.2) is 4.98 Å². The van der Waals surface area contributed by atoms with E-state index in [0.717, 1.165) is 12.2 Å². The van der Waals surface area contributed by atoms with E-state index in [1.807, 2.05) is 24.7 Å². The number of nitrogens with zero attached hydrogens (tertiary/aromatic N) is 2. The molecular formula is C11H20N4O. The number of carbonyl (C=O) groups excluding carboxylic acids is 1. The Bertz CT molecular complexity index is 334. The summed E-state index contributed by atoms with van der Waals surface area (Å²) in [6.45, 7) is 3.14. The Labute approximate surface area is 96.0 Å². The number of nitrogens with one attached hydrogen (secondary N) is 1. The van der Waals surface area contributed by atoms with Gasteiger partial charge in [0.2, 0.25) is 5.91 Å². The van der Waals surface area contributed by atoms with Gasteiger partial charge in [0.1, 0.15) is 5.82 Å². The number of aryl methyl sites for hydroxylation is 1. The van der Waals surface area contributed by atoms with Gasteiger partial charge in [-0.2, -0.15) is 0 Å². The van der Waals surface area contributed by atoms with Gasteiger partial charge in [0.15, 0.2) is 0 Å². The lowest BCUT2D eigenvalue weighted by atomic mass is 10.1. The lowest BCUT2D eigenvalue weighted by Gasteiger charge is -2.08. The summed E-state index contributed by atoms with van der Waals surface area (Å²) in [5.41, 5.74) is 5.45. The molecule has 0 aliphatic rings. The Morgan fingerprint density at radius 2 is 2.44 bits per heavy atom. The molecule has 0 radical (unpaired) electrons. The highest BCUT2D eigenvalue weighted by Crippen LogP contribution is 1.98. The maximum Gasteiger partial charge on any atom is 0.220 e. The van der Waals surface area contributed by atoms with Crippen LogP contribution in [-0.4, -0.2) is 28.5 Å². The molecule has 1 aromatic heterocycles. The number of hydrogen-bond donors (Lipinski definition) is 2. The second-order valence-corrected chi connectivity index (χ2v) is 4.10. The second kappa shape index (κ2) is 6.27. The maximum absolute atomic E-state index is 11.4. The van der Waals surface area contributed by atoms with Crippen LogP contribution in [0.15, 0.2) is 12.4 Å². The Hall–Kier alpha value is -1.36. The van der Waals surface area contributed by atoms with Gasteiger partial charge in [0.05, 0.1) is 0 Å². The molecule has 1 atom stereocenters. The maximum atomic E-state index is 11.4. The van der Waals surface area contributed by atoms with Crippen molar-refractivity contribution in [3.63, 3.8) is 0 Å². The van der Waals surface area contributed by atoms with Crippen molar-refractivity contribution in [2.75, 3.05) is 13.1 Å². The molecule has 0 aromatic carbocycles. The minimum atomic E-state index is 0.0622. The predicted octanol–water partition coefficient (Wildman–Crippen LogP) is 0.0637. The SMILES string of the molecule is CC(CN)CC(=O)NCCc1nccn1C. The van der Waals surface area contributed by atoms with Crippen LogP contribution in [0, 0.1) is 5.92 Å². The summed E-state index contributed by atoms with van der Waals surface area (Å²) in [5.74, 6) is 1.28. The van der Waals surface area contributed by atoms with Crippen molar-refractivity contribution in [1.29, 1.82) is 0 Å². The molecule has 0 aliphatic carbocycles. The van der Waals surface area contributed by atoms with E-state index in [-0.39, 0.29) is 11.8 Å². The van der Waals surface area contributed by atoms with E-state index in [2.05, 4.69) is 10.3 Å². The summed E-state index contributed by atoms with van der Waals surface area (Å²) in [5, 5.41) is 2.87. The molecule has 0 fully saturated rings. The number of hydrogen-bond acceptors (Lipinski definition) is 3.